The lowest BCUT2D eigenvalue weighted by molar-refractivity contribution is 0.0697. The van der Waals surface area contributed by atoms with E-state index in [0.29, 0.717) is 23.4 Å². The Labute approximate surface area is 252 Å². The number of pyridine rings is 1. The van der Waals surface area contributed by atoms with Crippen molar-refractivity contribution in [1.82, 2.24) is 18.9 Å². The molecule has 6 aromatic rings. The van der Waals surface area contributed by atoms with E-state index < -0.39 is 23.4 Å². The number of aromatic nitrogens is 4. The average molecular weight is 612 g/mol. The Morgan fingerprint density at radius 3 is 2.55 bits per heavy atom. The fourth-order valence-corrected chi connectivity index (χ4v) is 5.28. The Balaban J connectivity index is 1.28. The van der Waals surface area contributed by atoms with Gasteiger partial charge in [0.15, 0.2) is 0 Å². The molecule has 218 valence electrons. The van der Waals surface area contributed by atoms with Crippen molar-refractivity contribution in [3.8, 4) is 23.2 Å². The maximum Gasteiger partial charge on any atom is 0.335 e. The summed E-state index contributed by atoms with van der Waals surface area (Å²) in [4.78, 5) is 21.3. The number of hydrogen-bond acceptors (Lipinski definition) is 7. The molecule has 0 spiro atoms. The van der Waals surface area contributed by atoms with Gasteiger partial charge in [-0.05, 0) is 71.7 Å². The third-order valence-electron chi connectivity index (χ3n) is 6.92. The third-order valence-corrected chi connectivity index (χ3v) is 7.65. The molecule has 0 amide bonds. The first-order chi connectivity index (χ1) is 21.3. The predicted octanol–water partition coefficient (Wildman–Crippen LogP) is 6.76. The Bertz CT molecular complexity index is 2070. The molecule has 0 radical (unpaired) electrons. The van der Waals surface area contributed by atoms with Crippen molar-refractivity contribution in [3.63, 3.8) is 0 Å². The van der Waals surface area contributed by atoms with Crippen LogP contribution in [0.3, 0.4) is 0 Å². The lowest BCUT2D eigenvalue weighted by Crippen LogP contribution is -2.07. The van der Waals surface area contributed by atoms with Crippen LogP contribution in [0.25, 0.3) is 22.3 Å². The molecule has 0 fully saturated rings. The normalized spacial score (nSPS) is 11.0. The Morgan fingerprint density at radius 1 is 0.955 bits per heavy atom. The second-order valence-corrected chi connectivity index (χ2v) is 10.7. The molecule has 0 aliphatic heterocycles. The lowest BCUT2D eigenvalue weighted by atomic mass is 10.0. The zero-order chi connectivity index (χ0) is 30.8. The number of halogens is 3. The van der Waals surface area contributed by atoms with E-state index in [4.69, 9.17) is 10.00 Å². The number of carboxylic acid groups (broad SMARTS) is 1. The van der Waals surface area contributed by atoms with Crippen molar-refractivity contribution in [1.29, 1.82) is 5.26 Å². The van der Waals surface area contributed by atoms with Crippen molar-refractivity contribution < 1.29 is 27.8 Å². The quantitative estimate of drug-likeness (QED) is 0.192. The van der Waals surface area contributed by atoms with Crippen molar-refractivity contribution in [2.75, 3.05) is 0 Å². The van der Waals surface area contributed by atoms with Gasteiger partial charge in [-0.15, -0.1) is 0 Å². The lowest BCUT2D eigenvalue weighted by Gasteiger charge is -2.12. The summed E-state index contributed by atoms with van der Waals surface area (Å²) in [5.74, 6) is -2.60. The highest BCUT2D eigenvalue weighted by Crippen LogP contribution is 2.29. The minimum atomic E-state index is -1.09. The van der Waals surface area contributed by atoms with Gasteiger partial charge < -0.3 is 14.4 Å². The number of nitrogens with zero attached hydrogens (tertiary/aromatic N) is 5. The van der Waals surface area contributed by atoms with Gasteiger partial charge in [-0.2, -0.15) is 5.26 Å². The molecule has 6 rings (SSSR count). The molecule has 0 unspecified atom stereocenters. The van der Waals surface area contributed by atoms with Crippen molar-refractivity contribution in [2.24, 2.45) is 0 Å². The molecular weight excluding hydrogens is 591 g/mol. The Kier molecular flexibility index (Phi) is 7.78. The third kappa shape index (κ3) is 5.86. The summed E-state index contributed by atoms with van der Waals surface area (Å²) in [6.45, 7) is 0.144. The predicted molar refractivity (Wildman–Crippen MR) is 156 cm³/mol. The fourth-order valence-electron chi connectivity index (χ4n) is 4.72. The molecule has 8 nitrogen and oxygen atoms in total. The molecule has 0 aliphatic rings. The van der Waals surface area contributed by atoms with Gasteiger partial charge in [0.25, 0.3) is 0 Å². The van der Waals surface area contributed by atoms with Crippen LogP contribution in [0.1, 0.15) is 37.7 Å². The van der Waals surface area contributed by atoms with Gasteiger partial charge in [0.1, 0.15) is 29.9 Å². The molecule has 44 heavy (non-hydrogen) atoms. The van der Waals surface area contributed by atoms with Crippen LogP contribution in [0, 0.1) is 28.8 Å². The maximum absolute atomic E-state index is 15.5. The van der Waals surface area contributed by atoms with Crippen LogP contribution in [-0.4, -0.2) is 30.0 Å². The zero-order valence-electron chi connectivity index (χ0n) is 22.7. The molecule has 3 heterocycles. The van der Waals surface area contributed by atoms with Crippen LogP contribution >= 0.6 is 11.5 Å². The molecule has 0 aliphatic carbocycles. The molecule has 0 bridgehead atoms. The van der Waals surface area contributed by atoms with Crippen LogP contribution in [0.15, 0.2) is 79.0 Å². The van der Waals surface area contributed by atoms with Crippen molar-refractivity contribution in [2.45, 2.75) is 19.6 Å². The van der Waals surface area contributed by atoms with Gasteiger partial charge in [0.2, 0.25) is 5.88 Å². The molecule has 3 aromatic heterocycles. The molecule has 3 aromatic carbocycles. The van der Waals surface area contributed by atoms with Crippen LogP contribution < -0.4 is 4.74 Å². The SMILES string of the molecule is N#Cc1ccc(COc2cccc(-c3cc(F)c(Cc4nc5ccc(C(=O)O)cc5n4Cc4ccns4)cc3F)n2)c(F)c1. The van der Waals surface area contributed by atoms with Gasteiger partial charge in [-0.25, -0.2) is 32.3 Å². The number of ether oxygens (including phenoxy) is 1. The highest BCUT2D eigenvalue weighted by atomic mass is 32.1. The van der Waals surface area contributed by atoms with Gasteiger partial charge in [0, 0.05) is 34.7 Å². The van der Waals surface area contributed by atoms with E-state index in [1.165, 1.54) is 47.9 Å². The number of rotatable bonds is 9. The van der Waals surface area contributed by atoms with E-state index in [1.807, 2.05) is 12.1 Å². The van der Waals surface area contributed by atoms with Gasteiger partial charge in [-0.3, -0.25) is 0 Å². The monoisotopic (exact) mass is 611 g/mol. The van der Waals surface area contributed by atoms with E-state index in [1.54, 1.807) is 22.9 Å². The number of carbonyl (C=O) groups is 1. The van der Waals surface area contributed by atoms with E-state index in [0.717, 1.165) is 23.1 Å². The minimum absolute atomic E-state index is 0.0502. The molecule has 1 N–H and O–H groups in total. The standard InChI is InChI=1S/C32H20F3N5O3S/c33-24-10-18(15-36)4-5-20(24)17-43-31-3-1-2-27(39-31)23-14-25(34)21(11-26(23)35)13-30-38-28-7-6-19(32(41)42)12-29(28)40(30)16-22-8-9-37-44-22/h1-12,14H,13,16-17H2,(H,41,42). The number of nitriles is 1. The summed E-state index contributed by atoms with van der Waals surface area (Å²) in [6, 6.07) is 18.9. The van der Waals surface area contributed by atoms with Gasteiger partial charge >= 0.3 is 5.97 Å². The van der Waals surface area contributed by atoms with E-state index in [2.05, 4.69) is 14.3 Å². The summed E-state index contributed by atoms with van der Waals surface area (Å²) < 4.78 is 56.7. The summed E-state index contributed by atoms with van der Waals surface area (Å²) in [7, 11) is 0. The zero-order valence-corrected chi connectivity index (χ0v) is 23.5. The molecular formula is C32H20F3N5O3S. The molecule has 0 atom stereocenters. The number of imidazole rings is 1. The largest absolute Gasteiger partial charge is 0.478 e. The highest BCUT2D eigenvalue weighted by Gasteiger charge is 2.19. The second kappa shape index (κ2) is 12.0. The maximum atomic E-state index is 15.5. The number of carboxylic acids is 1. The van der Waals surface area contributed by atoms with Crippen LogP contribution in [0.4, 0.5) is 13.2 Å². The molecule has 0 saturated carbocycles. The Hall–Kier alpha value is -5.54. The molecule has 12 heteroatoms. The summed E-state index contributed by atoms with van der Waals surface area (Å²) in [5.41, 5.74) is 1.61. The van der Waals surface area contributed by atoms with Crippen molar-refractivity contribution >= 4 is 28.5 Å². The van der Waals surface area contributed by atoms with E-state index >= 15 is 8.78 Å². The summed E-state index contributed by atoms with van der Waals surface area (Å²) >= 11 is 1.27. The highest BCUT2D eigenvalue weighted by molar-refractivity contribution is 7.05. The van der Waals surface area contributed by atoms with E-state index in [-0.39, 0.29) is 52.4 Å². The summed E-state index contributed by atoms with van der Waals surface area (Å²) in [6.07, 6.45) is 1.58. The fraction of sp³-hybridized carbons (Fsp3) is 0.0938. The minimum Gasteiger partial charge on any atom is -0.478 e. The van der Waals surface area contributed by atoms with Gasteiger partial charge in [-0.1, -0.05) is 12.1 Å². The number of fused-ring (bicyclic) bond motifs is 1. The Morgan fingerprint density at radius 2 is 1.80 bits per heavy atom. The topological polar surface area (TPSA) is 114 Å². The number of aromatic carboxylic acids is 1. The first-order valence-electron chi connectivity index (χ1n) is 13.2. The molecule has 0 saturated heterocycles. The van der Waals surface area contributed by atoms with Gasteiger partial charge in [0.05, 0.1) is 40.5 Å². The summed E-state index contributed by atoms with van der Waals surface area (Å²) in [5, 5.41) is 18.4. The first kappa shape index (κ1) is 28.6. The average Bonchev–Trinajstić information content (AvgIpc) is 3.66. The van der Waals surface area contributed by atoms with Crippen molar-refractivity contribution in [3.05, 3.63) is 129 Å². The van der Waals surface area contributed by atoms with Crippen LogP contribution in [0.2, 0.25) is 0 Å². The first-order valence-corrected chi connectivity index (χ1v) is 13.9. The second-order valence-electron chi connectivity index (χ2n) is 9.77. The van der Waals surface area contributed by atoms with Crippen LogP contribution in [-0.2, 0) is 19.6 Å². The number of benzene rings is 3. The van der Waals surface area contributed by atoms with E-state index in [9.17, 15) is 14.3 Å². The number of hydrogen-bond donors (Lipinski definition) is 1. The smallest absolute Gasteiger partial charge is 0.335 e. The van der Waals surface area contributed by atoms with Crippen LogP contribution in [0.5, 0.6) is 5.88 Å².